The van der Waals surface area contributed by atoms with Crippen LogP contribution in [-0.4, -0.2) is 31.4 Å². The molecule has 0 aliphatic carbocycles. The zero-order valence-electron chi connectivity index (χ0n) is 23.2. The molecule has 0 spiro atoms. The molecule has 178 valence electrons. The second kappa shape index (κ2) is 11.0. The summed E-state index contributed by atoms with van der Waals surface area (Å²) in [6.07, 6.45) is 0. The molecule has 0 aliphatic heterocycles. The molecule has 1 nitrogen and oxygen atoms in total. The molecule has 0 fully saturated rings. The van der Waals surface area contributed by atoms with Crippen LogP contribution in [-0.2, 0) is 0 Å². The Morgan fingerprint density at radius 3 is 0.824 bits per heavy atom. The summed E-state index contributed by atoms with van der Waals surface area (Å²) in [6.45, 7) is 26.0. The summed E-state index contributed by atoms with van der Waals surface area (Å²) in [5, 5.41) is 3.07. The maximum atomic E-state index is 15.8. The fourth-order valence-electron chi connectivity index (χ4n) is 5.17. The standard InChI is InChI=1S/C30H39OSi.BrH.Mg/c1-16-13-28(25(10)22(7)19(16)4)32(31,29-14-17(2)20(5)23(8)26(29)11)30-15-18(3)21(6)24(9)27(30)12;;/h13-15H,1-12H3;1H;/q-1;;+2/p-1. The summed E-state index contributed by atoms with van der Waals surface area (Å²) in [5.41, 5.74) is 14.8. The van der Waals surface area contributed by atoms with Crippen LogP contribution in [0.4, 0.5) is 0 Å². The summed E-state index contributed by atoms with van der Waals surface area (Å²) >= 11 is 0. The van der Waals surface area contributed by atoms with Crippen molar-refractivity contribution in [2.75, 3.05) is 0 Å². The van der Waals surface area contributed by atoms with Gasteiger partial charge in [0.15, 0.2) is 0 Å². The molecule has 4 heteroatoms. The van der Waals surface area contributed by atoms with Crippen LogP contribution < -0.4 is 37.3 Å². The van der Waals surface area contributed by atoms with Gasteiger partial charge >= 0.3 is 23.1 Å². The van der Waals surface area contributed by atoms with Crippen molar-refractivity contribution in [3.05, 3.63) is 85.0 Å². The van der Waals surface area contributed by atoms with Crippen LogP contribution in [0.2, 0.25) is 0 Å². The van der Waals surface area contributed by atoms with Gasteiger partial charge < -0.3 is 21.8 Å². The summed E-state index contributed by atoms with van der Waals surface area (Å²) < 4.78 is 0. The average Bonchev–Trinajstić information content (AvgIpc) is 2.76. The molecule has 3 aromatic rings. The molecule has 0 N–H and O–H groups in total. The topological polar surface area (TPSA) is 23.1 Å². The van der Waals surface area contributed by atoms with Gasteiger partial charge in [0, 0.05) is 0 Å². The molecule has 0 bridgehead atoms. The smallest absolute Gasteiger partial charge is 1.00 e. The van der Waals surface area contributed by atoms with E-state index in [1.165, 1.54) is 66.8 Å². The van der Waals surface area contributed by atoms with E-state index in [4.69, 9.17) is 0 Å². The van der Waals surface area contributed by atoms with E-state index in [1.54, 1.807) is 0 Å². The molecular formula is C30H39BrMgOSi. The second-order valence-corrected chi connectivity index (χ2v) is 13.0. The van der Waals surface area contributed by atoms with Gasteiger partial charge in [-0.2, -0.15) is 0 Å². The van der Waals surface area contributed by atoms with Gasteiger partial charge in [0.25, 0.3) is 0 Å². The van der Waals surface area contributed by atoms with Crippen LogP contribution in [0.5, 0.6) is 0 Å². The Labute approximate surface area is 235 Å². The van der Waals surface area contributed by atoms with E-state index < -0.39 is 8.32 Å². The van der Waals surface area contributed by atoms with Crippen LogP contribution in [0, 0.1) is 83.1 Å². The fraction of sp³-hybridized carbons (Fsp3) is 0.400. The maximum Gasteiger partial charge on any atom is 2.00 e. The van der Waals surface area contributed by atoms with Crippen molar-refractivity contribution >= 4 is 46.9 Å². The second-order valence-electron chi connectivity index (χ2n) is 10.0. The average molecular weight is 548 g/mol. The summed E-state index contributed by atoms with van der Waals surface area (Å²) in [5.74, 6) is 0. The molecule has 0 unspecified atom stereocenters. The first-order valence-corrected chi connectivity index (χ1v) is 13.6. The molecule has 0 aliphatic rings. The molecule has 0 saturated heterocycles. The predicted molar refractivity (Wildman–Crippen MR) is 147 cm³/mol. The number of rotatable bonds is 3. The third-order valence-electron chi connectivity index (χ3n) is 8.58. The van der Waals surface area contributed by atoms with Gasteiger partial charge in [-0.25, -0.2) is 0 Å². The molecule has 3 rings (SSSR count). The molecule has 0 radical (unpaired) electrons. The molecule has 0 heterocycles. The monoisotopic (exact) mass is 546 g/mol. The van der Waals surface area contributed by atoms with Crippen molar-refractivity contribution in [3.8, 4) is 0 Å². The van der Waals surface area contributed by atoms with Gasteiger partial charge in [0.1, 0.15) is 0 Å². The largest absolute Gasteiger partial charge is 2.00 e. The third-order valence-corrected chi connectivity index (χ3v) is 12.4. The van der Waals surface area contributed by atoms with E-state index >= 15 is 4.80 Å². The minimum absolute atomic E-state index is 0. The van der Waals surface area contributed by atoms with Crippen LogP contribution in [0.25, 0.3) is 0 Å². The van der Waals surface area contributed by atoms with Gasteiger partial charge in [0.2, 0.25) is 0 Å². The molecule has 0 atom stereocenters. The Morgan fingerprint density at radius 2 is 0.618 bits per heavy atom. The van der Waals surface area contributed by atoms with E-state index in [9.17, 15) is 0 Å². The minimum atomic E-state index is -3.52. The van der Waals surface area contributed by atoms with Crippen LogP contribution in [0.1, 0.15) is 66.8 Å². The maximum absolute atomic E-state index is 15.8. The number of halogens is 1. The van der Waals surface area contributed by atoms with Crippen LogP contribution in [0.15, 0.2) is 18.2 Å². The predicted octanol–water partition coefficient (Wildman–Crippen LogP) is 1.34. The fourth-order valence-corrected chi connectivity index (χ4v) is 9.44. The van der Waals surface area contributed by atoms with E-state index in [-0.39, 0.29) is 40.0 Å². The quantitative estimate of drug-likeness (QED) is 0.359. The van der Waals surface area contributed by atoms with Gasteiger partial charge in [0.05, 0.1) is 8.32 Å². The minimum Gasteiger partial charge on any atom is -1.00 e. The molecule has 0 aromatic heterocycles. The van der Waals surface area contributed by atoms with Gasteiger partial charge in [-0.15, -0.1) is 0 Å². The van der Waals surface area contributed by atoms with E-state index in [1.807, 2.05) is 0 Å². The van der Waals surface area contributed by atoms with Gasteiger partial charge in [-0.05, 0) is 150 Å². The molecule has 0 amide bonds. The van der Waals surface area contributed by atoms with Crippen molar-refractivity contribution < 1.29 is 21.8 Å². The number of hydrogen-bond donors (Lipinski definition) is 0. The molecule has 34 heavy (non-hydrogen) atoms. The third kappa shape index (κ3) is 4.73. The van der Waals surface area contributed by atoms with Crippen molar-refractivity contribution in [3.63, 3.8) is 0 Å². The van der Waals surface area contributed by atoms with Crippen molar-refractivity contribution in [1.29, 1.82) is 0 Å². The summed E-state index contributed by atoms with van der Waals surface area (Å²) in [4.78, 5) is 15.8. The number of hydrogen-bond acceptors (Lipinski definition) is 1. The normalized spacial score (nSPS) is 11.2. The van der Waals surface area contributed by atoms with Crippen LogP contribution in [0.3, 0.4) is 0 Å². The van der Waals surface area contributed by atoms with Crippen molar-refractivity contribution in [2.45, 2.75) is 83.1 Å². The van der Waals surface area contributed by atoms with E-state index in [2.05, 4.69) is 101 Å². The Balaban J connectivity index is 0.00000289. The molecular weight excluding hydrogens is 509 g/mol. The molecule has 0 saturated carbocycles. The van der Waals surface area contributed by atoms with Gasteiger partial charge in [-0.1, -0.05) is 33.8 Å². The Kier molecular flexibility index (Phi) is 10.1. The van der Waals surface area contributed by atoms with Crippen molar-refractivity contribution in [2.24, 2.45) is 0 Å². The number of benzene rings is 3. The summed E-state index contributed by atoms with van der Waals surface area (Å²) in [6, 6.07) is 6.64. The van der Waals surface area contributed by atoms with Crippen molar-refractivity contribution in [1.82, 2.24) is 0 Å². The SMILES string of the molecule is Cc1cc([Si]([O-])(c2cc(C)c(C)c(C)c2C)c2cc(C)c(C)c(C)c2C)c(C)c(C)c1C.[Br-].[Mg+2]. The first kappa shape index (κ1) is 31.1. The Morgan fingerprint density at radius 1 is 0.412 bits per heavy atom. The van der Waals surface area contributed by atoms with E-state index in [0.29, 0.717) is 0 Å². The first-order valence-electron chi connectivity index (χ1n) is 11.7. The van der Waals surface area contributed by atoms with E-state index in [0.717, 1.165) is 15.6 Å². The Hall–Kier alpha value is -0.917. The first-order chi connectivity index (χ1) is 14.7. The van der Waals surface area contributed by atoms with Crippen LogP contribution >= 0.6 is 0 Å². The molecule has 3 aromatic carbocycles. The zero-order valence-corrected chi connectivity index (χ0v) is 27.2. The summed E-state index contributed by atoms with van der Waals surface area (Å²) in [7, 11) is -3.52. The zero-order chi connectivity index (χ0) is 24.3. The van der Waals surface area contributed by atoms with Gasteiger partial charge in [-0.3, -0.25) is 0 Å². The number of aryl methyl sites for hydroxylation is 3. The Bertz CT molecular complexity index is 1110.